The maximum absolute atomic E-state index is 12.7. The summed E-state index contributed by atoms with van der Waals surface area (Å²) in [6.45, 7) is 0.736. The molecule has 0 amide bonds. The van der Waals surface area contributed by atoms with Crippen molar-refractivity contribution in [2.45, 2.75) is 12.7 Å². The van der Waals surface area contributed by atoms with Crippen molar-refractivity contribution < 1.29 is 28.8 Å². The Morgan fingerprint density at radius 3 is 2.27 bits per heavy atom. The molecule has 0 saturated heterocycles. The molecule has 7 nitrogen and oxygen atoms in total. The van der Waals surface area contributed by atoms with Crippen LogP contribution >= 0.6 is 11.3 Å². The molecule has 3 heterocycles. The number of rotatable bonds is 4. The van der Waals surface area contributed by atoms with Gasteiger partial charge in [-0.05, 0) is 11.6 Å². The summed E-state index contributed by atoms with van der Waals surface area (Å²) in [5.41, 5.74) is 12.8. The second-order valence-corrected chi connectivity index (χ2v) is 8.50. The van der Waals surface area contributed by atoms with E-state index in [1.54, 1.807) is 11.7 Å². The number of hydrogen-bond acceptors (Lipinski definition) is 6. The lowest BCUT2D eigenvalue weighted by atomic mass is 9.96. The first-order valence-corrected chi connectivity index (χ1v) is 11.8. The summed E-state index contributed by atoms with van der Waals surface area (Å²) in [7, 11) is 0. The summed E-state index contributed by atoms with van der Waals surface area (Å²) in [6.07, 6.45) is -3.50. The van der Waals surface area contributed by atoms with Gasteiger partial charge in [0, 0.05) is 33.8 Å². The van der Waals surface area contributed by atoms with Crippen LogP contribution in [0.1, 0.15) is 5.56 Å². The minimum absolute atomic E-state index is 0.160. The zero-order chi connectivity index (χ0) is 26.6. The van der Waals surface area contributed by atoms with E-state index >= 15 is 0 Å². The number of benzene rings is 2. The molecule has 2 aromatic carbocycles. The van der Waals surface area contributed by atoms with Crippen LogP contribution in [0.15, 0.2) is 82.5 Å². The molecule has 37 heavy (non-hydrogen) atoms. The predicted molar refractivity (Wildman–Crippen MR) is 132 cm³/mol. The fraction of sp³-hybridized carbons (Fsp3) is 0.0769. The number of aromatic nitrogens is 3. The van der Waals surface area contributed by atoms with E-state index in [9.17, 15) is 18.0 Å². The maximum Gasteiger partial charge on any atom is 0.430 e. The van der Waals surface area contributed by atoms with Crippen LogP contribution in [-0.4, -0.2) is 27.1 Å². The van der Waals surface area contributed by atoms with Crippen LogP contribution < -0.4 is 16.4 Å². The number of carbonyl (C=O) groups is 1. The minimum atomic E-state index is -5.19. The maximum atomic E-state index is 12.7. The number of carboxylic acid groups (broad SMARTS) is 1. The number of carboxylic acids is 1. The second kappa shape index (κ2) is 10.7. The van der Waals surface area contributed by atoms with Crippen LogP contribution in [0.4, 0.5) is 13.2 Å². The van der Waals surface area contributed by atoms with Crippen molar-refractivity contribution in [2.75, 3.05) is 0 Å². The number of thiazole rings is 1. The summed E-state index contributed by atoms with van der Waals surface area (Å²) >= 11 is 1.52. The zero-order valence-electron chi connectivity index (χ0n) is 19.1. The van der Waals surface area contributed by atoms with Crippen LogP contribution in [-0.2, 0) is 11.3 Å². The number of halogens is 3. The highest BCUT2D eigenvalue weighted by atomic mass is 32.1. The molecule has 0 saturated carbocycles. The fourth-order valence-electron chi connectivity index (χ4n) is 3.60. The van der Waals surface area contributed by atoms with Crippen LogP contribution in [0.5, 0.6) is 0 Å². The summed E-state index contributed by atoms with van der Waals surface area (Å²) in [4.78, 5) is 33.8. The Kier molecular flexibility index (Phi) is 7.46. The van der Waals surface area contributed by atoms with Gasteiger partial charge in [0.25, 0.3) is 5.56 Å². The average molecular weight is 525 g/mol. The molecule has 0 aliphatic heterocycles. The number of aliphatic carboxylic acids is 1. The molecule has 5 aromatic rings. The number of H-pyrrole nitrogens is 1. The van der Waals surface area contributed by atoms with Crippen LogP contribution in [0.25, 0.3) is 44.5 Å². The molecule has 3 aromatic heterocycles. The highest BCUT2D eigenvalue weighted by Crippen LogP contribution is 2.35. The van der Waals surface area contributed by atoms with Crippen molar-refractivity contribution in [3.8, 4) is 33.6 Å². The van der Waals surface area contributed by atoms with Crippen molar-refractivity contribution in [1.82, 2.24) is 15.0 Å². The number of nitrogens with one attached hydrogen (secondary N) is 1. The van der Waals surface area contributed by atoms with Gasteiger partial charge in [-0.3, -0.25) is 4.79 Å². The van der Waals surface area contributed by atoms with Crippen molar-refractivity contribution in [3.63, 3.8) is 0 Å². The number of fused-ring (bicyclic) bond motifs is 1. The number of carbonyl (C=O) groups excluding carboxylic acids is 1. The first kappa shape index (κ1) is 25.7. The second-order valence-electron chi connectivity index (χ2n) is 7.78. The standard InChI is InChI=1S/C24H18N4OS.C2HF3O2/c25-11-15-6-8-17(9-7-15)22-18(16-4-2-1-3-5-16)10-19-23(28-22)20(12-26-24(19)29)21-13-30-14-27-21;3-2(4,5)1(6)7/h1-10,12-14H,11,25H2,(H,26,29);(H,6,7). The van der Waals surface area contributed by atoms with E-state index in [4.69, 9.17) is 14.9 Å². The number of pyridine rings is 2. The number of aromatic amines is 1. The smallest absolute Gasteiger partial charge is 0.430 e. The van der Waals surface area contributed by atoms with E-state index in [1.807, 2.05) is 41.8 Å². The van der Waals surface area contributed by atoms with Gasteiger partial charge in [0.2, 0.25) is 0 Å². The monoisotopic (exact) mass is 524 g/mol. The van der Waals surface area contributed by atoms with E-state index in [-0.39, 0.29) is 5.56 Å². The average Bonchev–Trinajstić information content (AvgIpc) is 3.43. The number of alkyl halides is 3. The molecule has 0 unspecified atom stereocenters. The Bertz CT molecular complexity index is 1580. The van der Waals surface area contributed by atoms with Gasteiger partial charge < -0.3 is 20.6 Å². The van der Waals surface area contributed by atoms with Crippen LogP contribution in [0.3, 0.4) is 0 Å². The molecule has 11 heteroatoms. The van der Waals surface area contributed by atoms with Gasteiger partial charge in [-0.1, -0.05) is 54.6 Å². The number of quaternary nitrogens is 1. The third-order valence-corrected chi connectivity index (χ3v) is 6.00. The third-order valence-electron chi connectivity index (χ3n) is 5.41. The lowest BCUT2D eigenvalue weighted by Crippen LogP contribution is -2.47. The minimum Gasteiger partial charge on any atom is -0.542 e. The van der Waals surface area contributed by atoms with Crippen molar-refractivity contribution >= 4 is 28.2 Å². The Balaban J connectivity index is 0.000000405. The number of hydrogen-bond donors (Lipinski definition) is 2. The number of nitrogens with zero attached hydrogens (tertiary/aromatic N) is 2. The van der Waals surface area contributed by atoms with E-state index in [0.29, 0.717) is 10.9 Å². The van der Waals surface area contributed by atoms with Crippen molar-refractivity contribution in [2.24, 2.45) is 0 Å². The lowest BCUT2D eigenvalue weighted by Gasteiger charge is -2.13. The molecule has 4 N–H and O–H groups in total. The van der Waals surface area contributed by atoms with Gasteiger partial charge in [-0.2, -0.15) is 13.2 Å². The fourth-order valence-corrected chi connectivity index (χ4v) is 4.16. The molecular weight excluding hydrogens is 505 g/mol. The molecule has 0 atom stereocenters. The van der Waals surface area contributed by atoms with Gasteiger partial charge in [0.05, 0.1) is 34.3 Å². The molecule has 188 valence electrons. The molecular formula is C26H19F3N4O3S. The molecule has 0 aliphatic carbocycles. The Morgan fingerprint density at radius 2 is 1.70 bits per heavy atom. The molecule has 0 aliphatic rings. The highest BCUT2D eigenvalue weighted by Gasteiger charge is 2.28. The predicted octanol–water partition coefficient (Wildman–Crippen LogP) is 3.42. The summed E-state index contributed by atoms with van der Waals surface area (Å²) < 4.78 is 31.5. The summed E-state index contributed by atoms with van der Waals surface area (Å²) in [5.74, 6) is -3.01. The van der Waals surface area contributed by atoms with Crippen molar-refractivity contribution in [1.29, 1.82) is 0 Å². The Labute approximate surface area is 212 Å². The quantitative estimate of drug-likeness (QED) is 0.373. The topological polar surface area (TPSA) is 126 Å². The van der Waals surface area contributed by atoms with E-state index < -0.39 is 12.1 Å². The summed E-state index contributed by atoms with van der Waals surface area (Å²) in [5, 5.41) is 11.3. The zero-order valence-corrected chi connectivity index (χ0v) is 19.9. The van der Waals surface area contributed by atoms with Gasteiger partial charge in [0.1, 0.15) is 5.97 Å². The SMILES string of the molecule is O=C([O-])C(F)(F)F.[NH3+]Cc1ccc(-c2nc3c(-c4cscn4)c[nH]c(=O)c3cc2-c2ccccc2)cc1. The highest BCUT2D eigenvalue weighted by molar-refractivity contribution is 7.07. The molecule has 0 bridgehead atoms. The van der Waals surface area contributed by atoms with Gasteiger partial charge >= 0.3 is 6.18 Å². The Morgan fingerprint density at radius 1 is 1.03 bits per heavy atom. The van der Waals surface area contributed by atoms with Gasteiger partial charge in [0.15, 0.2) is 0 Å². The van der Waals surface area contributed by atoms with Crippen LogP contribution in [0, 0.1) is 0 Å². The normalized spacial score (nSPS) is 11.1. The molecule has 5 rings (SSSR count). The van der Waals surface area contributed by atoms with Crippen molar-refractivity contribution in [3.05, 3.63) is 93.7 Å². The van der Waals surface area contributed by atoms with E-state index in [0.717, 1.165) is 40.2 Å². The van der Waals surface area contributed by atoms with E-state index in [2.05, 4.69) is 40.0 Å². The molecule has 0 radical (unpaired) electrons. The van der Waals surface area contributed by atoms with Crippen LogP contribution in [0.2, 0.25) is 0 Å². The van der Waals surface area contributed by atoms with E-state index in [1.165, 1.54) is 16.9 Å². The summed E-state index contributed by atoms with van der Waals surface area (Å²) in [6, 6.07) is 20.3. The molecule has 0 spiro atoms. The Hall–Kier alpha value is -4.35. The van der Waals surface area contributed by atoms with Gasteiger partial charge in [-0.15, -0.1) is 11.3 Å². The third kappa shape index (κ3) is 5.74. The first-order chi connectivity index (χ1) is 17.7. The first-order valence-electron chi connectivity index (χ1n) is 10.9. The largest absolute Gasteiger partial charge is 0.542 e. The lowest BCUT2D eigenvalue weighted by molar-refractivity contribution is -0.386. The van der Waals surface area contributed by atoms with Gasteiger partial charge in [-0.25, -0.2) is 9.97 Å². The molecule has 0 fully saturated rings.